The van der Waals surface area contributed by atoms with Crippen molar-refractivity contribution in [2.75, 3.05) is 47.0 Å². The molecule has 0 rings (SSSR count). The lowest BCUT2D eigenvalue weighted by Gasteiger charge is -2.29. The van der Waals surface area contributed by atoms with Crippen LogP contribution in [0, 0.1) is 5.41 Å². The van der Waals surface area contributed by atoms with E-state index < -0.39 is 41.4 Å². The highest BCUT2D eigenvalue weighted by Crippen LogP contribution is 2.22. The van der Waals surface area contributed by atoms with E-state index in [0.717, 1.165) is 70.6 Å². The largest absolute Gasteiger partial charge is 0.465 e. The zero-order valence-corrected chi connectivity index (χ0v) is 42.3. The normalized spacial score (nSPS) is 12.7. The molecule has 0 spiro atoms. The third kappa shape index (κ3) is 40.7. The van der Waals surface area contributed by atoms with Gasteiger partial charge in [-0.1, -0.05) is 155 Å². The molecule has 65 heavy (non-hydrogen) atoms. The SMILES string of the molecule is CCCCCCCC/C=C\CCCCCCCC(=O)OCC(COC(=O)CCNC(=O)[C@H](O)C(C)(C)COC(=O)CCN(C)C)OC(=O)CCCCCCC/C=C\CCCCCCCC. The van der Waals surface area contributed by atoms with E-state index in [2.05, 4.69) is 43.5 Å². The molecule has 0 radical (unpaired) electrons. The zero-order valence-electron chi connectivity index (χ0n) is 42.3. The van der Waals surface area contributed by atoms with E-state index in [0.29, 0.717) is 19.4 Å². The molecule has 0 saturated heterocycles. The predicted molar refractivity (Wildman–Crippen MR) is 262 cm³/mol. The molecule has 0 saturated carbocycles. The lowest BCUT2D eigenvalue weighted by molar-refractivity contribution is -0.167. The monoisotopic (exact) mass is 921 g/mol. The van der Waals surface area contributed by atoms with Gasteiger partial charge in [-0.05, 0) is 78.3 Å². The number of carbonyl (C=O) groups is 5. The van der Waals surface area contributed by atoms with Crippen molar-refractivity contribution < 1.29 is 48.0 Å². The van der Waals surface area contributed by atoms with Gasteiger partial charge in [0.15, 0.2) is 6.10 Å². The average Bonchev–Trinajstić information content (AvgIpc) is 3.28. The summed E-state index contributed by atoms with van der Waals surface area (Å²) in [5, 5.41) is 13.2. The second-order valence-corrected chi connectivity index (χ2v) is 18.8. The molecule has 2 atom stereocenters. The van der Waals surface area contributed by atoms with Gasteiger partial charge in [-0.15, -0.1) is 0 Å². The van der Waals surface area contributed by atoms with Gasteiger partial charge in [-0.25, -0.2) is 0 Å². The van der Waals surface area contributed by atoms with Crippen LogP contribution in [-0.4, -0.2) is 99.0 Å². The van der Waals surface area contributed by atoms with E-state index in [1.54, 1.807) is 13.8 Å². The average molecular weight is 921 g/mol. The number of amides is 1. The highest BCUT2D eigenvalue weighted by molar-refractivity contribution is 5.82. The van der Waals surface area contributed by atoms with Crippen molar-refractivity contribution in [2.24, 2.45) is 5.41 Å². The van der Waals surface area contributed by atoms with Crippen LogP contribution in [0.3, 0.4) is 0 Å². The number of ether oxygens (including phenoxy) is 4. The molecule has 378 valence electrons. The van der Waals surface area contributed by atoms with Crippen molar-refractivity contribution in [1.82, 2.24) is 10.2 Å². The molecule has 0 aliphatic rings. The van der Waals surface area contributed by atoms with Gasteiger partial charge in [0.2, 0.25) is 5.91 Å². The van der Waals surface area contributed by atoms with Gasteiger partial charge >= 0.3 is 23.9 Å². The van der Waals surface area contributed by atoms with E-state index in [9.17, 15) is 29.1 Å². The Kier molecular flexibility index (Phi) is 41.2. The van der Waals surface area contributed by atoms with Gasteiger partial charge in [-0.3, -0.25) is 24.0 Å². The smallest absolute Gasteiger partial charge is 0.307 e. The Hall–Kier alpha value is -3.25. The standard InChI is InChI=1S/C53H96N2O10/c1-7-9-11-13-15-17-19-21-23-25-27-29-31-33-35-37-47(56)62-43-46(65-50(59)38-36-34-32-30-28-26-24-22-20-18-16-14-12-10-8-2)44-63-48(57)39-41-54-52(61)51(60)53(3,4)45-64-49(58)40-42-55(5)6/h21-24,46,51,60H,7-20,25-45H2,1-6H3,(H,54,61)/b23-21-,24-22-/t46?,51-/m0/s1. The van der Waals surface area contributed by atoms with Crippen LogP contribution < -0.4 is 5.32 Å². The Labute approximate surface area is 396 Å². The summed E-state index contributed by atoms with van der Waals surface area (Å²) in [6, 6.07) is 0. The van der Waals surface area contributed by atoms with E-state index in [4.69, 9.17) is 18.9 Å². The summed E-state index contributed by atoms with van der Waals surface area (Å²) < 4.78 is 21.8. The van der Waals surface area contributed by atoms with Crippen LogP contribution in [-0.2, 0) is 42.9 Å². The third-order valence-electron chi connectivity index (χ3n) is 11.4. The lowest BCUT2D eigenvalue weighted by Crippen LogP contribution is -2.46. The number of hydrogen-bond acceptors (Lipinski definition) is 11. The van der Waals surface area contributed by atoms with Crippen LogP contribution in [0.2, 0.25) is 0 Å². The van der Waals surface area contributed by atoms with Crippen molar-refractivity contribution in [2.45, 2.75) is 233 Å². The molecule has 2 N–H and O–H groups in total. The molecule has 0 heterocycles. The highest BCUT2D eigenvalue weighted by atomic mass is 16.6. The number of aliphatic hydroxyl groups excluding tert-OH is 1. The second-order valence-electron chi connectivity index (χ2n) is 18.8. The number of nitrogens with one attached hydrogen (secondary N) is 1. The summed E-state index contributed by atoms with van der Waals surface area (Å²) in [5.41, 5.74) is -1.07. The molecule has 1 unspecified atom stereocenters. The van der Waals surface area contributed by atoms with Crippen molar-refractivity contribution in [3.8, 4) is 0 Å². The van der Waals surface area contributed by atoms with Crippen molar-refractivity contribution in [1.29, 1.82) is 0 Å². The molecule has 0 aliphatic heterocycles. The number of hydrogen-bond donors (Lipinski definition) is 2. The highest BCUT2D eigenvalue weighted by Gasteiger charge is 2.35. The minimum absolute atomic E-state index is 0.113. The maximum Gasteiger partial charge on any atom is 0.307 e. The number of nitrogens with zero attached hydrogens (tertiary/aromatic N) is 1. The lowest BCUT2D eigenvalue weighted by atomic mass is 9.87. The molecule has 0 aromatic heterocycles. The fourth-order valence-corrected chi connectivity index (χ4v) is 7.03. The molecule has 0 bridgehead atoms. The van der Waals surface area contributed by atoms with Gasteiger partial charge in [0.05, 0.1) is 19.4 Å². The third-order valence-corrected chi connectivity index (χ3v) is 11.4. The van der Waals surface area contributed by atoms with Gasteiger partial charge in [0, 0.05) is 31.3 Å². The summed E-state index contributed by atoms with van der Waals surface area (Å²) in [6.07, 6.45) is 37.3. The van der Waals surface area contributed by atoms with E-state index in [1.165, 1.54) is 83.5 Å². The number of aliphatic hydroxyl groups is 1. The summed E-state index contributed by atoms with van der Waals surface area (Å²) in [4.78, 5) is 64.6. The van der Waals surface area contributed by atoms with Gasteiger partial charge in [-0.2, -0.15) is 0 Å². The number of rotatable bonds is 45. The number of unbranched alkanes of at least 4 members (excludes halogenated alkanes) is 22. The number of allylic oxidation sites excluding steroid dienone is 4. The fourth-order valence-electron chi connectivity index (χ4n) is 7.03. The summed E-state index contributed by atoms with van der Waals surface area (Å²) in [7, 11) is 3.68. The Morgan fingerprint density at radius 2 is 0.908 bits per heavy atom. The Morgan fingerprint density at radius 3 is 1.35 bits per heavy atom. The number of carbonyl (C=O) groups excluding carboxylic acids is 5. The second kappa shape index (κ2) is 43.3. The van der Waals surface area contributed by atoms with Crippen molar-refractivity contribution in [3.05, 3.63) is 24.3 Å². The summed E-state index contributed by atoms with van der Waals surface area (Å²) >= 11 is 0. The molecule has 0 aromatic rings. The Morgan fingerprint density at radius 1 is 0.523 bits per heavy atom. The fraction of sp³-hybridized carbons (Fsp3) is 0.830. The first-order valence-corrected chi connectivity index (χ1v) is 25.9. The Balaban J connectivity index is 4.73. The van der Waals surface area contributed by atoms with E-state index in [1.807, 2.05) is 19.0 Å². The number of esters is 4. The Bertz CT molecular complexity index is 1270. The topological polar surface area (TPSA) is 158 Å². The molecule has 1 amide bonds. The van der Waals surface area contributed by atoms with Gasteiger partial charge < -0.3 is 34.3 Å². The van der Waals surface area contributed by atoms with Gasteiger partial charge in [0.25, 0.3) is 0 Å². The van der Waals surface area contributed by atoms with E-state index in [-0.39, 0.29) is 58.0 Å². The first kappa shape index (κ1) is 61.8. The van der Waals surface area contributed by atoms with Crippen molar-refractivity contribution in [3.63, 3.8) is 0 Å². The predicted octanol–water partition coefficient (Wildman–Crippen LogP) is 11.4. The van der Waals surface area contributed by atoms with Crippen LogP contribution in [0.25, 0.3) is 0 Å². The molecule has 12 heteroatoms. The van der Waals surface area contributed by atoms with Crippen LogP contribution in [0.4, 0.5) is 0 Å². The van der Waals surface area contributed by atoms with E-state index >= 15 is 0 Å². The molecule has 0 fully saturated rings. The quantitative estimate of drug-likeness (QED) is 0.0259. The van der Waals surface area contributed by atoms with Gasteiger partial charge in [0.1, 0.15) is 19.3 Å². The summed E-state index contributed by atoms with van der Waals surface area (Å²) in [6.45, 7) is 7.41. The first-order chi connectivity index (χ1) is 31.3. The first-order valence-electron chi connectivity index (χ1n) is 25.9. The van der Waals surface area contributed by atoms with Crippen LogP contribution >= 0.6 is 0 Å². The maximum atomic E-state index is 12.8. The van der Waals surface area contributed by atoms with Crippen LogP contribution in [0.15, 0.2) is 24.3 Å². The molecular formula is C53H96N2O10. The van der Waals surface area contributed by atoms with Crippen molar-refractivity contribution >= 4 is 29.8 Å². The van der Waals surface area contributed by atoms with Crippen LogP contribution in [0.1, 0.15) is 220 Å². The van der Waals surface area contributed by atoms with Crippen LogP contribution in [0.5, 0.6) is 0 Å². The maximum absolute atomic E-state index is 12.8. The minimum Gasteiger partial charge on any atom is -0.465 e. The molecular weight excluding hydrogens is 825 g/mol. The summed E-state index contributed by atoms with van der Waals surface area (Å²) in [5.74, 6) is -2.63. The zero-order chi connectivity index (χ0) is 48.2. The minimum atomic E-state index is -1.49. The molecule has 0 aliphatic carbocycles. The molecule has 12 nitrogen and oxygen atoms in total. The molecule has 0 aromatic carbocycles.